The third-order valence-electron chi connectivity index (χ3n) is 1.99. The zero-order chi connectivity index (χ0) is 10.1. The highest BCUT2D eigenvalue weighted by Gasteiger charge is 2.35. The van der Waals surface area contributed by atoms with E-state index in [4.69, 9.17) is 0 Å². The molecule has 1 aromatic rings. The van der Waals surface area contributed by atoms with Crippen molar-refractivity contribution in [3.8, 4) is 0 Å². The third-order valence-corrected chi connectivity index (χ3v) is 2.84. The number of likely N-dealkylation sites (tertiary alicyclic amines) is 1. The van der Waals surface area contributed by atoms with Gasteiger partial charge in [-0.1, -0.05) is 6.07 Å². The first kappa shape index (κ1) is 9.08. The van der Waals surface area contributed by atoms with Gasteiger partial charge < -0.3 is 0 Å². The molecular formula is C9H7NO3S. The van der Waals surface area contributed by atoms with Crippen LogP contribution in [0.1, 0.15) is 22.5 Å². The lowest BCUT2D eigenvalue weighted by molar-refractivity contribution is -0.134. The Kier molecular flexibility index (Phi) is 2.17. The van der Waals surface area contributed by atoms with Crippen LogP contribution in [0.4, 0.5) is 0 Å². The van der Waals surface area contributed by atoms with E-state index in [1.165, 1.54) is 11.3 Å². The van der Waals surface area contributed by atoms with E-state index in [2.05, 4.69) is 0 Å². The standard InChI is InChI=1S/C9H7NO3S/c11-7-3-4-8(12)10(7)9(13)6-2-1-5-14-6/h1-2,5H,3-4H2. The summed E-state index contributed by atoms with van der Waals surface area (Å²) in [7, 11) is 0. The summed E-state index contributed by atoms with van der Waals surface area (Å²) in [5.41, 5.74) is 0. The van der Waals surface area contributed by atoms with Gasteiger partial charge in [0.25, 0.3) is 5.91 Å². The van der Waals surface area contributed by atoms with Crippen molar-refractivity contribution >= 4 is 29.1 Å². The average molecular weight is 209 g/mol. The molecule has 5 heteroatoms. The summed E-state index contributed by atoms with van der Waals surface area (Å²) >= 11 is 1.23. The molecule has 0 radical (unpaired) electrons. The van der Waals surface area contributed by atoms with Crippen molar-refractivity contribution in [3.05, 3.63) is 22.4 Å². The predicted octanol–water partition coefficient (Wildman–Crippen LogP) is 1.04. The van der Waals surface area contributed by atoms with E-state index >= 15 is 0 Å². The maximum Gasteiger partial charge on any atom is 0.277 e. The number of nitrogens with zero attached hydrogens (tertiary/aromatic N) is 1. The maximum atomic E-state index is 11.6. The number of hydrogen-bond donors (Lipinski definition) is 0. The quantitative estimate of drug-likeness (QED) is 0.649. The molecule has 0 aliphatic carbocycles. The molecule has 0 aromatic carbocycles. The molecule has 1 aliphatic heterocycles. The molecule has 1 saturated heterocycles. The second-order valence-corrected chi connectivity index (χ2v) is 3.85. The molecule has 0 N–H and O–H groups in total. The van der Waals surface area contributed by atoms with Crippen molar-refractivity contribution in [2.75, 3.05) is 0 Å². The van der Waals surface area contributed by atoms with Crippen LogP contribution < -0.4 is 0 Å². The fourth-order valence-electron chi connectivity index (χ4n) is 1.31. The molecular weight excluding hydrogens is 202 g/mol. The van der Waals surface area contributed by atoms with Crippen molar-refractivity contribution in [2.24, 2.45) is 0 Å². The molecule has 3 amide bonds. The lowest BCUT2D eigenvalue weighted by Crippen LogP contribution is -2.34. The maximum absolute atomic E-state index is 11.6. The Balaban J connectivity index is 2.27. The van der Waals surface area contributed by atoms with Gasteiger partial charge in [0.15, 0.2) is 0 Å². The van der Waals surface area contributed by atoms with Gasteiger partial charge >= 0.3 is 0 Å². The van der Waals surface area contributed by atoms with E-state index in [9.17, 15) is 14.4 Å². The zero-order valence-corrected chi connectivity index (χ0v) is 8.04. The fraction of sp³-hybridized carbons (Fsp3) is 0.222. The first-order chi connectivity index (χ1) is 6.70. The lowest BCUT2D eigenvalue weighted by Gasteiger charge is -2.09. The van der Waals surface area contributed by atoms with E-state index in [1.807, 2.05) is 0 Å². The van der Waals surface area contributed by atoms with Crippen LogP contribution in [-0.4, -0.2) is 22.6 Å². The Labute approximate surface area is 84.1 Å². The van der Waals surface area contributed by atoms with Crippen LogP contribution in [0.15, 0.2) is 17.5 Å². The van der Waals surface area contributed by atoms with Crippen LogP contribution in [0.5, 0.6) is 0 Å². The van der Waals surface area contributed by atoms with Crippen LogP contribution >= 0.6 is 11.3 Å². The van der Waals surface area contributed by atoms with Gasteiger partial charge in [-0.05, 0) is 11.4 Å². The number of carbonyl (C=O) groups excluding carboxylic acids is 3. The minimum atomic E-state index is -0.493. The highest BCUT2D eigenvalue weighted by molar-refractivity contribution is 7.12. The molecule has 0 unspecified atom stereocenters. The summed E-state index contributed by atoms with van der Waals surface area (Å²) in [6, 6.07) is 3.31. The van der Waals surface area contributed by atoms with E-state index in [0.29, 0.717) is 4.88 Å². The van der Waals surface area contributed by atoms with Crippen molar-refractivity contribution in [1.82, 2.24) is 4.90 Å². The number of carbonyl (C=O) groups is 3. The second kappa shape index (κ2) is 3.34. The molecule has 0 saturated carbocycles. The normalized spacial score (nSPS) is 16.4. The van der Waals surface area contributed by atoms with Gasteiger partial charge in [-0.3, -0.25) is 14.4 Å². The Bertz CT molecular complexity index is 380. The Morgan fingerprint density at radius 1 is 1.29 bits per heavy atom. The van der Waals surface area contributed by atoms with Crippen LogP contribution in [-0.2, 0) is 9.59 Å². The van der Waals surface area contributed by atoms with Gasteiger partial charge in [-0.15, -0.1) is 11.3 Å². The number of rotatable bonds is 1. The third kappa shape index (κ3) is 1.35. The van der Waals surface area contributed by atoms with Crippen molar-refractivity contribution < 1.29 is 14.4 Å². The van der Waals surface area contributed by atoms with Crippen molar-refractivity contribution in [1.29, 1.82) is 0 Å². The van der Waals surface area contributed by atoms with Gasteiger partial charge in [0.05, 0.1) is 4.88 Å². The van der Waals surface area contributed by atoms with Gasteiger partial charge in [0.1, 0.15) is 0 Å². The van der Waals surface area contributed by atoms with E-state index in [0.717, 1.165) is 4.90 Å². The highest BCUT2D eigenvalue weighted by atomic mass is 32.1. The van der Waals surface area contributed by atoms with E-state index in [-0.39, 0.29) is 12.8 Å². The van der Waals surface area contributed by atoms with Gasteiger partial charge in [0, 0.05) is 12.8 Å². The minimum Gasteiger partial charge on any atom is -0.274 e. The Hall–Kier alpha value is -1.49. The van der Waals surface area contributed by atoms with Crippen LogP contribution in [0.2, 0.25) is 0 Å². The zero-order valence-electron chi connectivity index (χ0n) is 7.23. The minimum absolute atomic E-state index is 0.149. The topological polar surface area (TPSA) is 54.5 Å². The molecule has 2 rings (SSSR count). The molecule has 14 heavy (non-hydrogen) atoms. The number of thiophene rings is 1. The van der Waals surface area contributed by atoms with E-state index < -0.39 is 17.7 Å². The summed E-state index contributed by atoms with van der Waals surface area (Å²) in [6.07, 6.45) is 0.298. The average Bonchev–Trinajstić information content (AvgIpc) is 2.75. The first-order valence-corrected chi connectivity index (χ1v) is 5.02. The number of amides is 3. The smallest absolute Gasteiger partial charge is 0.274 e. The van der Waals surface area contributed by atoms with Crippen molar-refractivity contribution in [2.45, 2.75) is 12.8 Å². The van der Waals surface area contributed by atoms with Gasteiger partial charge in [-0.25, -0.2) is 4.90 Å². The Morgan fingerprint density at radius 3 is 2.43 bits per heavy atom. The molecule has 72 valence electrons. The monoisotopic (exact) mass is 209 g/mol. The molecule has 1 fully saturated rings. The number of hydrogen-bond acceptors (Lipinski definition) is 4. The highest BCUT2D eigenvalue weighted by Crippen LogP contribution is 2.18. The molecule has 0 spiro atoms. The summed E-state index contributed by atoms with van der Waals surface area (Å²) < 4.78 is 0. The van der Waals surface area contributed by atoms with Crippen LogP contribution in [0.3, 0.4) is 0 Å². The summed E-state index contributed by atoms with van der Waals surface area (Å²) in [4.78, 5) is 35.2. The van der Waals surface area contributed by atoms with E-state index in [1.54, 1.807) is 17.5 Å². The predicted molar refractivity (Wildman–Crippen MR) is 49.7 cm³/mol. The second-order valence-electron chi connectivity index (χ2n) is 2.91. The summed E-state index contributed by atoms with van der Waals surface area (Å²) in [6.45, 7) is 0. The Morgan fingerprint density at radius 2 is 1.93 bits per heavy atom. The summed E-state index contributed by atoms with van der Waals surface area (Å²) in [5, 5.41) is 1.73. The summed E-state index contributed by atoms with van der Waals surface area (Å²) in [5.74, 6) is -1.28. The van der Waals surface area contributed by atoms with Gasteiger partial charge in [-0.2, -0.15) is 0 Å². The van der Waals surface area contributed by atoms with Gasteiger partial charge in [0.2, 0.25) is 11.8 Å². The van der Waals surface area contributed by atoms with Crippen LogP contribution in [0, 0.1) is 0 Å². The largest absolute Gasteiger partial charge is 0.277 e. The molecule has 2 heterocycles. The molecule has 4 nitrogen and oxygen atoms in total. The molecule has 1 aromatic heterocycles. The lowest BCUT2D eigenvalue weighted by atomic mass is 10.4. The van der Waals surface area contributed by atoms with Crippen LogP contribution in [0.25, 0.3) is 0 Å². The fourth-order valence-corrected chi connectivity index (χ4v) is 1.97. The first-order valence-electron chi connectivity index (χ1n) is 4.14. The molecule has 0 atom stereocenters. The molecule has 1 aliphatic rings. The number of imide groups is 3. The molecule has 0 bridgehead atoms. The SMILES string of the molecule is O=C1CCC(=O)N1C(=O)c1cccs1. The van der Waals surface area contributed by atoms with Crippen molar-refractivity contribution in [3.63, 3.8) is 0 Å².